The molecule has 0 saturated heterocycles. The molecule has 0 atom stereocenters. The van der Waals surface area contributed by atoms with E-state index >= 15 is 0 Å². The number of hydrogen-bond donors (Lipinski definition) is 2. The Balaban J connectivity index is 1.88. The van der Waals surface area contributed by atoms with Gasteiger partial charge in [-0.25, -0.2) is 4.72 Å². The van der Waals surface area contributed by atoms with Gasteiger partial charge in [0.2, 0.25) is 0 Å². The van der Waals surface area contributed by atoms with E-state index in [9.17, 15) is 13.5 Å². The van der Waals surface area contributed by atoms with Crippen LogP contribution in [0.1, 0.15) is 44.9 Å². The van der Waals surface area contributed by atoms with Gasteiger partial charge in [0.15, 0.2) is 0 Å². The molecular weight excluding hydrogens is 252 g/mol. The molecule has 0 amide bonds. The third-order valence-corrected chi connectivity index (χ3v) is 5.96. The lowest BCUT2D eigenvalue weighted by atomic mass is 9.96. The van der Waals surface area contributed by atoms with Crippen LogP contribution in [0, 0.1) is 5.41 Å². The van der Waals surface area contributed by atoms with Crippen molar-refractivity contribution in [2.75, 3.05) is 20.2 Å². The van der Waals surface area contributed by atoms with E-state index in [0.29, 0.717) is 6.54 Å². The van der Waals surface area contributed by atoms with Crippen molar-refractivity contribution in [3.8, 4) is 0 Å². The summed E-state index contributed by atoms with van der Waals surface area (Å²) in [6.07, 6.45) is 7.20. The predicted octanol–water partition coefficient (Wildman–Crippen LogP) is 0.858. The van der Waals surface area contributed by atoms with Gasteiger partial charge in [0, 0.05) is 31.7 Å². The molecule has 0 aromatic carbocycles. The molecule has 2 rings (SSSR count). The molecule has 0 aromatic heterocycles. The van der Waals surface area contributed by atoms with E-state index in [2.05, 4.69) is 4.72 Å². The summed E-state index contributed by atoms with van der Waals surface area (Å²) in [5.41, 5.74) is -0.180. The highest BCUT2D eigenvalue weighted by Crippen LogP contribution is 2.44. The van der Waals surface area contributed by atoms with E-state index in [0.717, 1.165) is 38.5 Å². The summed E-state index contributed by atoms with van der Waals surface area (Å²) in [4.78, 5) is 0. The molecule has 6 heteroatoms. The lowest BCUT2D eigenvalue weighted by molar-refractivity contribution is 0.211. The van der Waals surface area contributed by atoms with Crippen LogP contribution >= 0.6 is 0 Å². The van der Waals surface area contributed by atoms with Crippen molar-refractivity contribution >= 4 is 10.2 Å². The molecule has 0 aliphatic heterocycles. The van der Waals surface area contributed by atoms with Gasteiger partial charge in [0.05, 0.1) is 0 Å². The van der Waals surface area contributed by atoms with Gasteiger partial charge in [0.1, 0.15) is 0 Å². The van der Waals surface area contributed by atoms with Gasteiger partial charge in [-0.15, -0.1) is 0 Å². The van der Waals surface area contributed by atoms with Crippen LogP contribution in [0.2, 0.25) is 0 Å². The van der Waals surface area contributed by atoms with Crippen molar-refractivity contribution in [2.45, 2.75) is 51.0 Å². The van der Waals surface area contributed by atoms with E-state index in [4.69, 9.17) is 0 Å². The zero-order valence-electron chi connectivity index (χ0n) is 11.1. The first-order chi connectivity index (χ1) is 8.49. The topological polar surface area (TPSA) is 69.6 Å². The Morgan fingerprint density at radius 3 is 2.39 bits per heavy atom. The summed E-state index contributed by atoms with van der Waals surface area (Å²) in [5, 5.41) is 9.19. The predicted molar refractivity (Wildman–Crippen MR) is 70.3 cm³/mol. The Morgan fingerprint density at radius 1 is 1.28 bits per heavy atom. The molecular formula is C12H24N2O3S. The first-order valence-electron chi connectivity index (χ1n) is 6.83. The second-order valence-corrected chi connectivity index (χ2v) is 7.61. The Morgan fingerprint density at radius 2 is 1.89 bits per heavy atom. The second kappa shape index (κ2) is 5.45. The highest BCUT2D eigenvalue weighted by Gasteiger charge is 2.43. The minimum atomic E-state index is -3.39. The molecule has 2 fully saturated rings. The first-order valence-corrected chi connectivity index (χ1v) is 8.27. The van der Waals surface area contributed by atoms with Crippen LogP contribution < -0.4 is 4.72 Å². The van der Waals surface area contributed by atoms with Gasteiger partial charge in [-0.2, -0.15) is 12.7 Å². The van der Waals surface area contributed by atoms with Gasteiger partial charge in [-0.1, -0.05) is 19.3 Å². The molecule has 0 unspecified atom stereocenters. The molecule has 0 radical (unpaired) electrons. The lowest BCUT2D eigenvalue weighted by Gasteiger charge is -2.30. The summed E-state index contributed by atoms with van der Waals surface area (Å²) >= 11 is 0. The molecule has 2 aliphatic rings. The minimum Gasteiger partial charge on any atom is -0.396 e. The number of nitrogens with zero attached hydrogens (tertiary/aromatic N) is 1. The molecule has 5 nitrogen and oxygen atoms in total. The van der Waals surface area contributed by atoms with Crippen LogP contribution in [-0.2, 0) is 10.2 Å². The number of aliphatic hydroxyl groups excluding tert-OH is 1. The van der Waals surface area contributed by atoms with Crippen molar-refractivity contribution < 1.29 is 13.5 Å². The molecule has 0 spiro atoms. The zero-order valence-corrected chi connectivity index (χ0v) is 11.9. The van der Waals surface area contributed by atoms with Gasteiger partial charge in [0.25, 0.3) is 10.2 Å². The highest BCUT2D eigenvalue weighted by atomic mass is 32.2. The van der Waals surface area contributed by atoms with Crippen molar-refractivity contribution in [2.24, 2.45) is 5.41 Å². The van der Waals surface area contributed by atoms with Crippen molar-refractivity contribution in [1.82, 2.24) is 9.03 Å². The van der Waals surface area contributed by atoms with Gasteiger partial charge >= 0.3 is 0 Å². The first kappa shape index (κ1) is 14.2. The van der Waals surface area contributed by atoms with Crippen molar-refractivity contribution in [3.05, 3.63) is 0 Å². The standard InChI is InChI=1S/C12H24N2O3S/c1-14(11-5-3-2-4-6-11)18(16,17)13-9-12(10-15)7-8-12/h11,13,15H,2-10H2,1H3. The Hall–Kier alpha value is -0.170. The summed E-state index contributed by atoms with van der Waals surface area (Å²) in [7, 11) is -1.73. The number of rotatable bonds is 6. The summed E-state index contributed by atoms with van der Waals surface area (Å²) in [5.74, 6) is 0. The SMILES string of the molecule is CN(C1CCCCC1)S(=O)(=O)NCC1(CO)CC1. The maximum atomic E-state index is 12.2. The number of hydrogen-bond acceptors (Lipinski definition) is 3. The molecule has 18 heavy (non-hydrogen) atoms. The quantitative estimate of drug-likeness (QED) is 0.756. The second-order valence-electron chi connectivity index (χ2n) is 5.79. The maximum absolute atomic E-state index is 12.2. The van der Waals surface area contributed by atoms with E-state index < -0.39 is 10.2 Å². The molecule has 2 saturated carbocycles. The van der Waals surface area contributed by atoms with E-state index in [1.807, 2.05) is 0 Å². The highest BCUT2D eigenvalue weighted by molar-refractivity contribution is 7.87. The Labute approximate surface area is 110 Å². The molecule has 2 aliphatic carbocycles. The monoisotopic (exact) mass is 276 g/mol. The summed E-state index contributed by atoms with van der Waals surface area (Å²) in [6, 6.07) is 0.139. The third kappa shape index (κ3) is 3.23. The lowest BCUT2D eigenvalue weighted by Crippen LogP contribution is -2.46. The fourth-order valence-electron chi connectivity index (χ4n) is 2.55. The molecule has 0 bridgehead atoms. The number of nitrogens with one attached hydrogen (secondary N) is 1. The van der Waals surface area contributed by atoms with Crippen LogP contribution in [0.15, 0.2) is 0 Å². The van der Waals surface area contributed by atoms with Crippen LogP contribution in [0.3, 0.4) is 0 Å². The largest absolute Gasteiger partial charge is 0.396 e. The van der Waals surface area contributed by atoms with Crippen molar-refractivity contribution in [1.29, 1.82) is 0 Å². The van der Waals surface area contributed by atoms with Crippen molar-refractivity contribution in [3.63, 3.8) is 0 Å². The van der Waals surface area contributed by atoms with E-state index in [1.165, 1.54) is 10.7 Å². The fourth-order valence-corrected chi connectivity index (χ4v) is 3.85. The fraction of sp³-hybridized carbons (Fsp3) is 1.00. The van der Waals surface area contributed by atoms with Gasteiger partial charge in [-0.3, -0.25) is 0 Å². The van der Waals surface area contributed by atoms with Crippen LogP contribution in [0.5, 0.6) is 0 Å². The van der Waals surface area contributed by atoms with Gasteiger partial charge < -0.3 is 5.11 Å². The average molecular weight is 276 g/mol. The van der Waals surface area contributed by atoms with Crippen LogP contribution in [-0.4, -0.2) is 44.1 Å². The minimum absolute atomic E-state index is 0.0721. The Kier molecular flexibility index (Phi) is 4.31. The summed E-state index contributed by atoms with van der Waals surface area (Å²) < 4.78 is 28.4. The van der Waals surface area contributed by atoms with E-state index in [-0.39, 0.29) is 18.1 Å². The molecule has 0 aromatic rings. The third-order valence-electron chi connectivity index (χ3n) is 4.39. The van der Waals surface area contributed by atoms with E-state index in [1.54, 1.807) is 7.05 Å². The smallest absolute Gasteiger partial charge is 0.279 e. The molecule has 0 heterocycles. The van der Waals surface area contributed by atoms with Crippen LogP contribution in [0.25, 0.3) is 0 Å². The average Bonchev–Trinajstić information content (AvgIpc) is 3.17. The van der Waals surface area contributed by atoms with Gasteiger partial charge in [-0.05, 0) is 25.7 Å². The normalized spacial score (nSPS) is 24.4. The molecule has 2 N–H and O–H groups in total. The molecule has 106 valence electrons. The number of aliphatic hydroxyl groups is 1. The van der Waals surface area contributed by atoms with Crippen LogP contribution in [0.4, 0.5) is 0 Å². The summed E-state index contributed by atoms with van der Waals surface area (Å²) in [6.45, 7) is 0.436. The maximum Gasteiger partial charge on any atom is 0.279 e. The Bertz CT molecular complexity index is 373. The zero-order chi connectivity index (χ0) is 13.2.